The number of carbonyl (C=O) groups is 2. The Balaban J connectivity index is 1.38. The second kappa shape index (κ2) is 6.93. The lowest BCUT2D eigenvalue weighted by Crippen LogP contribution is -2.43. The maximum Gasteiger partial charge on any atom is 0.226 e. The molecule has 1 saturated carbocycles. The number of fused-ring (bicyclic) bond motifs is 1. The van der Waals surface area contributed by atoms with E-state index in [2.05, 4.69) is 12.1 Å². The first-order valence-electron chi connectivity index (χ1n) is 9.76. The minimum atomic E-state index is -3.03. The van der Waals surface area contributed by atoms with Gasteiger partial charge in [-0.25, -0.2) is 8.42 Å². The fourth-order valence-electron chi connectivity index (χ4n) is 4.49. The molecular formula is C20H26N2O4S. The van der Waals surface area contributed by atoms with Crippen molar-refractivity contribution in [2.24, 2.45) is 11.8 Å². The van der Waals surface area contributed by atoms with Crippen LogP contribution in [0.5, 0.6) is 0 Å². The van der Waals surface area contributed by atoms with Gasteiger partial charge in [0.2, 0.25) is 11.8 Å². The Hall–Kier alpha value is -1.89. The second-order valence-electron chi connectivity index (χ2n) is 7.91. The fraction of sp³-hybridized carbons (Fsp3) is 0.600. The van der Waals surface area contributed by atoms with Gasteiger partial charge >= 0.3 is 0 Å². The zero-order valence-corrected chi connectivity index (χ0v) is 16.5. The van der Waals surface area contributed by atoms with Crippen molar-refractivity contribution < 1.29 is 18.0 Å². The molecular weight excluding hydrogens is 364 g/mol. The summed E-state index contributed by atoms with van der Waals surface area (Å²) in [5.74, 6) is -0.288. The van der Waals surface area contributed by atoms with Gasteiger partial charge in [-0.05, 0) is 37.3 Å². The summed E-state index contributed by atoms with van der Waals surface area (Å²) in [5.41, 5.74) is 2.48. The minimum Gasteiger partial charge on any atom is -0.339 e. The third-order valence-corrected chi connectivity index (χ3v) is 7.89. The molecule has 0 N–H and O–H groups in total. The molecule has 3 atom stereocenters. The zero-order chi connectivity index (χ0) is 19.2. The molecule has 1 aromatic carbocycles. The van der Waals surface area contributed by atoms with E-state index in [0.717, 1.165) is 6.42 Å². The molecule has 0 bridgehead atoms. The monoisotopic (exact) mass is 390 g/mol. The fourth-order valence-corrected chi connectivity index (χ4v) is 6.22. The topological polar surface area (TPSA) is 74.8 Å². The van der Waals surface area contributed by atoms with E-state index in [0.29, 0.717) is 32.5 Å². The number of hydrogen-bond acceptors (Lipinski definition) is 4. The summed E-state index contributed by atoms with van der Waals surface area (Å²) in [4.78, 5) is 29.3. The van der Waals surface area contributed by atoms with Crippen LogP contribution in [0, 0.1) is 11.8 Å². The molecule has 1 aromatic rings. The van der Waals surface area contributed by atoms with Crippen LogP contribution >= 0.6 is 0 Å². The molecule has 146 valence electrons. The molecule has 27 heavy (non-hydrogen) atoms. The molecule has 6 nitrogen and oxygen atoms in total. The van der Waals surface area contributed by atoms with Gasteiger partial charge in [-0.1, -0.05) is 24.3 Å². The molecule has 0 aromatic heterocycles. The van der Waals surface area contributed by atoms with Crippen LogP contribution in [-0.4, -0.2) is 60.7 Å². The van der Waals surface area contributed by atoms with Gasteiger partial charge in [0, 0.05) is 25.7 Å². The molecule has 0 spiro atoms. The van der Waals surface area contributed by atoms with Gasteiger partial charge in [-0.2, -0.15) is 0 Å². The molecule has 2 amide bonds. The molecule has 2 aliphatic heterocycles. The minimum absolute atomic E-state index is 0.0460. The van der Waals surface area contributed by atoms with Crippen LogP contribution in [0.1, 0.15) is 30.9 Å². The van der Waals surface area contributed by atoms with Gasteiger partial charge in [0.25, 0.3) is 0 Å². The number of amides is 2. The summed E-state index contributed by atoms with van der Waals surface area (Å²) in [6, 6.07) is 7.95. The number of hydrogen-bond donors (Lipinski definition) is 0. The van der Waals surface area contributed by atoms with Crippen LogP contribution in [0.3, 0.4) is 0 Å². The molecule has 0 radical (unpaired) electrons. The molecule has 7 heteroatoms. The third-order valence-electron chi connectivity index (χ3n) is 6.14. The number of carbonyl (C=O) groups excluding carboxylic acids is 2. The van der Waals surface area contributed by atoms with Gasteiger partial charge in [-0.15, -0.1) is 0 Å². The Morgan fingerprint density at radius 3 is 2.59 bits per heavy atom. The summed E-state index contributed by atoms with van der Waals surface area (Å²) in [5, 5.41) is 0. The van der Waals surface area contributed by atoms with Crippen LogP contribution in [0.15, 0.2) is 24.3 Å². The Bertz CT molecular complexity index is 866. The van der Waals surface area contributed by atoms with E-state index >= 15 is 0 Å². The van der Waals surface area contributed by atoms with Gasteiger partial charge in [-0.3, -0.25) is 9.59 Å². The highest BCUT2D eigenvalue weighted by Crippen LogP contribution is 2.42. The maximum atomic E-state index is 12.9. The maximum absolute atomic E-state index is 12.9. The van der Waals surface area contributed by atoms with Gasteiger partial charge in [0.15, 0.2) is 9.84 Å². The highest BCUT2D eigenvalue weighted by atomic mass is 32.2. The first kappa shape index (κ1) is 18.5. The number of rotatable bonds is 4. The molecule has 1 aliphatic carbocycles. The largest absolute Gasteiger partial charge is 0.339 e. The van der Waals surface area contributed by atoms with Crippen LogP contribution < -0.4 is 0 Å². The van der Waals surface area contributed by atoms with E-state index in [-0.39, 0.29) is 41.2 Å². The third kappa shape index (κ3) is 3.61. The zero-order valence-electron chi connectivity index (χ0n) is 15.6. The first-order valence-corrected chi connectivity index (χ1v) is 11.6. The summed E-state index contributed by atoms with van der Waals surface area (Å²) in [6.07, 6.45) is 1.95. The van der Waals surface area contributed by atoms with Gasteiger partial charge in [0.1, 0.15) is 0 Å². The Labute approximate surface area is 160 Å². The first-order chi connectivity index (χ1) is 12.9. The van der Waals surface area contributed by atoms with Crippen molar-refractivity contribution in [3.05, 3.63) is 35.4 Å². The van der Waals surface area contributed by atoms with Crippen molar-refractivity contribution in [2.45, 2.75) is 38.8 Å². The molecule has 4 rings (SSSR count). The Morgan fingerprint density at radius 1 is 1.19 bits per heavy atom. The molecule has 3 aliphatic rings. The summed E-state index contributed by atoms with van der Waals surface area (Å²) in [6.45, 7) is 3.69. The standard InChI is InChI=1S/C20H26N2O4S/c1-2-22(16-8-10-27(25,26)13-16)20(24)18-11-17(18)19(23)21-9-7-14-5-3-4-6-15(14)12-21/h3-6,16-18H,2,7-13H2,1H3. The summed E-state index contributed by atoms with van der Waals surface area (Å²) >= 11 is 0. The van der Waals surface area contributed by atoms with Crippen LogP contribution in [0.25, 0.3) is 0 Å². The van der Waals surface area contributed by atoms with E-state index in [1.807, 2.05) is 24.0 Å². The molecule has 3 unspecified atom stereocenters. The second-order valence-corrected chi connectivity index (χ2v) is 10.1. The van der Waals surface area contributed by atoms with Gasteiger partial charge < -0.3 is 9.80 Å². The van der Waals surface area contributed by atoms with Crippen LogP contribution in [0.2, 0.25) is 0 Å². The quantitative estimate of drug-likeness (QED) is 0.775. The highest BCUT2D eigenvalue weighted by Gasteiger charge is 2.52. The van der Waals surface area contributed by atoms with Crippen molar-refractivity contribution in [1.82, 2.24) is 9.80 Å². The SMILES string of the molecule is CCN(C(=O)C1CC1C(=O)N1CCc2ccccc2C1)C1CCS(=O)(=O)C1. The number of benzene rings is 1. The normalized spacial score (nSPS) is 28.5. The molecule has 2 fully saturated rings. The van der Waals surface area contributed by atoms with Crippen LogP contribution in [-0.2, 0) is 32.4 Å². The van der Waals surface area contributed by atoms with E-state index in [1.54, 1.807) is 4.90 Å². The van der Waals surface area contributed by atoms with Gasteiger partial charge in [0.05, 0.1) is 23.3 Å². The van der Waals surface area contributed by atoms with E-state index in [4.69, 9.17) is 0 Å². The highest BCUT2D eigenvalue weighted by molar-refractivity contribution is 7.91. The van der Waals surface area contributed by atoms with Crippen LogP contribution in [0.4, 0.5) is 0 Å². The average molecular weight is 391 g/mol. The van der Waals surface area contributed by atoms with E-state index < -0.39 is 9.84 Å². The van der Waals surface area contributed by atoms with Crippen molar-refractivity contribution in [3.63, 3.8) is 0 Å². The van der Waals surface area contributed by atoms with Crippen molar-refractivity contribution in [2.75, 3.05) is 24.6 Å². The number of sulfone groups is 1. The number of nitrogens with zero attached hydrogens (tertiary/aromatic N) is 2. The molecule has 2 heterocycles. The smallest absolute Gasteiger partial charge is 0.226 e. The lowest BCUT2D eigenvalue weighted by atomic mass is 9.99. The van der Waals surface area contributed by atoms with E-state index in [1.165, 1.54) is 11.1 Å². The Morgan fingerprint density at radius 2 is 1.93 bits per heavy atom. The van der Waals surface area contributed by atoms with Crippen molar-refractivity contribution >= 4 is 21.7 Å². The average Bonchev–Trinajstić information content (AvgIpc) is 3.38. The Kier molecular flexibility index (Phi) is 4.74. The van der Waals surface area contributed by atoms with Crippen molar-refractivity contribution in [3.8, 4) is 0 Å². The predicted octanol–water partition coefficient (Wildman–Crippen LogP) is 1.24. The van der Waals surface area contributed by atoms with E-state index in [9.17, 15) is 18.0 Å². The molecule has 1 saturated heterocycles. The summed E-state index contributed by atoms with van der Waals surface area (Å²) < 4.78 is 23.5. The lowest BCUT2D eigenvalue weighted by Gasteiger charge is -2.30. The summed E-state index contributed by atoms with van der Waals surface area (Å²) in [7, 11) is -3.03. The predicted molar refractivity (Wildman–Crippen MR) is 102 cm³/mol. The van der Waals surface area contributed by atoms with Crippen molar-refractivity contribution in [1.29, 1.82) is 0 Å². The lowest BCUT2D eigenvalue weighted by molar-refractivity contribution is -0.139.